The SMILES string of the molecule is COc1ccc2cc(Br)ccc2c1CC(=O)Oc1cc(C)ccc1C(C)C. The van der Waals surface area contributed by atoms with Gasteiger partial charge in [-0.1, -0.05) is 54.0 Å². The number of benzene rings is 3. The third kappa shape index (κ3) is 4.33. The number of hydrogen-bond donors (Lipinski definition) is 0. The monoisotopic (exact) mass is 426 g/mol. The fraction of sp³-hybridized carbons (Fsp3) is 0.261. The topological polar surface area (TPSA) is 35.5 Å². The van der Waals surface area contributed by atoms with Crippen LogP contribution in [0.1, 0.15) is 36.5 Å². The fourth-order valence-electron chi connectivity index (χ4n) is 3.23. The Balaban J connectivity index is 1.94. The van der Waals surface area contributed by atoms with Crippen LogP contribution in [0.5, 0.6) is 11.5 Å². The molecule has 0 radical (unpaired) electrons. The van der Waals surface area contributed by atoms with Crippen molar-refractivity contribution in [1.82, 2.24) is 0 Å². The molecule has 0 aliphatic heterocycles. The van der Waals surface area contributed by atoms with E-state index in [2.05, 4.69) is 29.8 Å². The normalized spacial score (nSPS) is 11.0. The molecule has 3 nitrogen and oxygen atoms in total. The number of rotatable bonds is 5. The molecule has 0 fully saturated rings. The predicted octanol–water partition coefficient (Wildman–Crippen LogP) is 6.19. The Labute approximate surface area is 168 Å². The molecule has 3 aromatic rings. The van der Waals surface area contributed by atoms with Gasteiger partial charge in [-0.3, -0.25) is 4.79 Å². The number of aryl methyl sites for hydroxylation is 1. The quantitative estimate of drug-likeness (QED) is 0.360. The summed E-state index contributed by atoms with van der Waals surface area (Å²) in [5.41, 5.74) is 2.93. The van der Waals surface area contributed by atoms with Gasteiger partial charge >= 0.3 is 5.97 Å². The van der Waals surface area contributed by atoms with Crippen molar-refractivity contribution in [3.63, 3.8) is 0 Å². The van der Waals surface area contributed by atoms with Crippen molar-refractivity contribution in [3.05, 3.63) is 69.7 Å². The van der Waals surface area contributed by atoms with Crippen LogP contribution in [-0.4, -0.2) is 13.1 Å². The van der Waals surface area contributed by atoms with Crippen LogP contribution in [0.25, 0.3) is 10.8 Å². The molecule has 0 spiro atoms. The van der Waals surface area contributed by atoms with Gasteiger partial charge in [0.1, 0.15) is 11.5 Å². The zero-order chi connectivity index (χ0) is 19.6. The van der Waals surface area contributed by atoms with Gasteiger partial charge in [0.05, 0.1) is 13.5 Å². The maximum absolute atomic E-state index is 12.8. The number of hydrogen-bond acceptors (Lipinski definition) is 3. The molecule has 0 aromatic heterocycles. The molecule has 0 unspecified atom stereocenters. The van der Waals surface area contributed by atoms with E-state index in [1.54, 1.807) is 7.11 Å². The van der Waals surface area contributed by atoms with Crippen molar-refractivity contribution in [3.8, 4) is 11.5 Å². The summed E-state index contributed by atoms with van der Waals surface area (Å²) in [7, 11) is 1.62. The molecule has 4 heteroatoms. The molecule has 0 saturated carbocycles. The largest absolute Gasteiger partial charge is 0.496 e. The molecule has 140 valence electrons. The Hall–Kier alpha value is -2.33. The molecular weight excluding hydrogens is 404 g/mol. The minimum Gasteiger partial charge on any atom is -0.496 e. The molecule has 0 amide bonds. The Bertz CT molecular complexity index is 992. The summed E-state index contributed by atoms with van der Waals surface area (Å²) in [6.45, 7) is 6.17. The van der Waals surface area contributed by atoms with Gasteiger partial charge in [0.15, 0.2) is 0 Å². The van der Waals surface area contributed by atoms with Crippen molar-refractivity contribution in [1.29, 1.82) is 0 Å². The van der Waals surface area contributed by atoms with Gasteiger partial charge in [-0.25, -0.2) is 0 Å². The van der Waals surface area contributed by atoms with Crippen LogP contribution in [0.4, 0.5) is 0 Å². The van der Waals surface area contributed by atoms with Crippen LogP contribution in [0.2, 0.25) is 0 Å². The molecule has 27 heavy (non-hydrogen) atoms. The van der Waals surface area contributed by atoms with E-state index in [1.807, 2.05) is 55.5 Å². The van der Waals surface area contributed by atoms with Crippen LogP contribution < -0.4 is 9.47 Å². The highest BCUT2D eigenvalue weighted by atomic mass is 79.9. The fourth-order valence-corrected chi connectivity index (χ4v) is 3.61. The lowest BCUT2D eigenvalue weighted by Gasteiger charge is -2.15. The first-order valence-corrected chi connectivity index (χ1v) is 9.74. The molecule has 3 rings (SSSR count). The summed E-state index contributed by atoms with van der Waals surface area (Å²) in [4.78, 5) is 12.8. The predicted molar refractivity (Wildman–Crippen MR) is 113 cm³/mol. The lowest BCUT2D eigenvalue weighted by Crippen LogP contribution is -2.14. The van der Waals surface area contributed by atoms with Gasteiger partial charge in [-0.15, -0.1) is 0 Å². The smallest absolute Gasteiger partial charge is 0.315 e. The van der Waals surface area contributed by atoms with Gasteiger partial charge in [0.2, 0.25) is 0 Å². The summed E-state index contributed by atoms with van der Waals surface area (Å²) >= 11 is 3.49. The molecule has 0 bridgehead atoms. The van der Waals surface area contributed by atoms with E-state index in [-0.39, 0.29) is 18.3 Å². The number of halogens is 1. The first-order chi connectivity index (χ1) is 12.9. The molecule has 0 aliphatic rings. The van der Waals surface area contributed by atoms with E-state index in [0.717, 1.165) is 31.9 Å². The highest BCUT2D eigenvalue weighted by molar-refractivity contribution is 9.10. The molecule has 0 aliphatic carbocycles. The van der Waals surface area contributed by atoms with Gasteiger partial charge in [-0.05, 0) is 59.0 Å². The molecule has 0 saturated heterocycles. The van der Waals surface area contributed by atoms with Gasteiger partial charge < -0.3 is 9.47 Å². The molecular formula is C23H23BrO3. The second-order valence-corrected chi connectivity index (χ2v) is 7.87. The first-order valence-electron chi connectivity index (χ1n) is 8.95. The maximum atomic E-state index is 12.8. The number of methoxy groups -OCH3 is 1. The summed E-state index contributed by atoms with van der Waals surface area (Å²) in [6, 6.07) is 15.9. The molecule has 0 atom stereocenters. The molecule has 0 heterocycles. The Morgan fingerprint density at radius 3 is 2.52 bits per heavy atom. The van der Waals surface area contributed by atoms with E-state index in [0.29, 0.717) is 11.5 Å². The van der Waals surface area contributed by atoms with Crippen LogP contribution in [0.3, 0.4) is 0 Å². The van der Waals surface area contributed by atoms with E-state index >= 15 is 0 Å². The second kappa shape index (κ2) is 8.13. The van der Waals surface area contributed by atoms with Crippen LogP contribution >= 0.6 is 15.9 Å². The minimum absolute atomic E-state index is 0.146. The summed E-state index contributed by atoms with van der Waals surface area (Å²) < 4.78 is 12.3. The van der Waals surface area contributed by atoms with E-state index in [9.17, 15) is 4.79 Å². The zero-order valence-electron chi connectivity index (χ0n) is 16.0. The lowest BCUT2D eigenvalue weighted by atomic mass is 10.00. The first kappa shape index (κ1) is 19.4. The van der Waals surface area contributed by atoms with E-state index < -0.39 is 0 Å². The second-order valence-electron chi connectivity index (χ2n) is 6.96. The minimum atomic E-state index is -0.295. The molecule has 3 aromatic carbocycles. The third-order valence-electron chi connectivity index (χ3n) is 4.61. The van der Waals surface area contributed by atoms with Crippen LogP contribution in [0, 0.1) is 6.92 Å². The Morgan fingerprint density at radius 1 is 1.04 bits per heavy atom. The zero-order valence-corrected chi connectivity index (χ0v) is 17.6. The van der Waals surface area contributed by atoms with E-state index in [4.69, 9.17) is 9.47 Å². The standard InChI is InChI=1S/C23H23BrO3/c1-14(2)18-8-5-15(3)11-22(18)27-23(25)13-20-19-9-7-17(24)12-16(19)6-10-21(20)26-4/h5-12,14H,13H2,1-4H3. The average molecular weight is 427 g/mol. The van der Waals surface area contributed by atoms with Gasteiger partial charge in [0, 0.05) is 10.0 Å². The Kier molecular flexibility index (Phi) is 5.85. The average Bonchev–Trinajstić information content (AvgIpc) is 2.61. The number of carbonyl (C=O) groups excluding carboxylic acids is 1. The van der Waals surface area contributed by atoms with Crippen LogP contribution in [0.15, 0.2) is 53.0 Å². The lowest BCUT2D eigenvalue weighted by molar-refractivity contribution is -0.133. The number of fused-ring (bicyclic) bond motifs is 1. The van der Waals surface area contributed by atoms with Crippen molar-refractivity contribution in [2.45, 2.75) is 33.1 Å². The van der Waals surface area contributed by atoms with Gasteiger partial charge in [0.25, 0.3) is 0 Å². The third-order valence-corrected chi connectivity index (χ3v) is 5.10. The van der Waals surface area contributed by atoms with E-state index in [1.165, 1.54) is 0 Å². The molecule has 0 N–H and O–H groups in total. The van der Waals surface area contributed by atoms with Gasteiger partial charge in [-0.2, -0.15) is 0 Å². The number of ether oxygens (including phenoxy) is 2. The number of carbonyl (C=O) groups is 1. The highest BCUT2D eigenvalue weighted by Gasteiger charge is 2.17. The highest BCUT2D eigenvalue weighted by Crippen LogP contribution is 2.32. The van der Waals surface area contributed by atoms with Crippen molar-refractivity contribution in [2.24, 2.45) is 0 Å². The van der Waals surface area contributed by atoms with Crippen molar-refractivity contribution in [2.75, 3.05) is 7.11 Å². The summed E-state index contributed by atoms with van der Waals surface area (Å²) in [5, 5.41) is 2.04. The van der Waals surface area contributed by atoms with Crippen molar-refractivity contribution >= 4 is 32.7 Å². The summed E-state index contributed by atoms with van der Waals surface area (Å²) in [5.74, 6) is 1.31. The maximum Gasteiger partial charge on any atom is 0.315 e. The summed E-state index contributed by atoms with van der Waals surface area (Å²) in [6.07, 6.45) is 0.146. The van der Waals surface area contributed by atoms with Crippen LogP contribution in [-0.2, 0) is 11.2 Å². The Morgan fingerprint density at radius 2 is 1.81 bits per heavy atom. The van der Waals surface area contributed by atoms with Crippen molar-refractivity contribution < 1.29 is 14.3 Å². The number of esters is 1.